The lowest BCUT2D eigenvalue weighted by atomic mass is 9.72. The van der Waals surface area contributed by atoms with Crippen molar-refractivity contribution in [2.75, 3.05) is 0 Å². The molecule has 0 aromatic carbocycles. The van der Waals surface area contributed by atoms with Gasteiger partial charge in [0.1, 0.15) is 0 Å². The summed E-state index contributed by atoms with van der Waals surface area (Å²) in [6.07, 6.45) is 29.1. The average Bonchev–Trinajstić information content (AvgIpc) is 2.60. The summed E-state index contributed by atoms with van der Waals surface area (Å²) < 4.78 is 0. The molecule has 0 heterocycles. The summed E-state index contributed by atoms with van der Waals surface area (Å²) in [6, 6.07) is 0. The Balaban J connectivity index is 3.56. The standard InChI is InChI=1S/C25H52/c1-5-9-10-11-12-13-14-15-16-17-18-19-20-24-25(21-6-2,22-7-3)23-8-4/h5-24H2,1-4H3. The van der Waals surface area contributed by atoms with Crippen molar-refractivity contribution >= 4 is 0 Å². The number of hydrogen-bond acceptors (Lipinski definition) is 0. The van der Waals surface area contributed by atoms with Gasteiger partial charge in [-0.2, -0.15) is 0 Å². The molecule has 0 nitrogen and oxygen atoms in total. The molecule has 0 aromatic rings. The maximum absolute atomic E-state index is 2.38. The smallest absolute Gasteiger partial charge is 0.0298 e. The summed E-state index contributed by atoms with van der Waals surface area (Å²) >= 11 is 0. The van der Waals surface area contributed by atoms with Gasteiger partial charge in [-0.25, -0.2) is 0 Å². The molecule has 0 rings (SSSR count). The van der Waals surface area contributed by atoms with Gasteiger partial charge in [0.15, 0.2) is 0 Å². The maximum atomic E-state index is 2.38. The molecule has 152 valence electrons. The van der Waals surface area contributed by atoms with Crippen LogP contribution >= 0.6 is 0 Å². The third-order valence-corrected chi connectivity index (χ3v) is 6.15. The van der Waals surface area contributed by atoms with Crippen LogP contribution in [-0.4, -0.2) is 0 Å². The van der Waals surface area contributed by atoms with E-state index < -0.39 is 0 Å². The van der Waals surface area contributed by atoms with E-state index in [-0.39, 0.29) is 0 Å². The molecule has 0 N–H and O–H groups in total. The van der Waals surface area contributed by atoms with E-state index in [1.54, 1.807) is 0 Å². The van der Waals surface area contributed by atoms with E-state index in [2.05, 4.69) is 27.7 Å². The van der Waals surface area contributed by atoms with Crippen molar-refractivity contribution in [1.29, 1.82) is 0 Å². The Bertz CT molecular complexity index is 225. The summed E-state index contributed by atoms with van der Waals surface area (Å²) in [7, 11) is 0. The van der Waals surface area contributed by atoms with Crippen molar-refractivity contribution in [3.8, 4) is 0 Å². The minimum Gasteiger partial charge on any atom is -0.0654 e. The summed E-state index contributed by atoms with van der Waals surface area (Å²) in [4.78, 5) is 0. The second-order valence-electron chi connectivity index (χ2n) is 8.74. The van der Waals surface area contributed by atoms with Gasteiger partial charge in [0.25, 0.3) is 0 Å². The topological polar surface area (TPSA) is 0 Å². The normalized spacial score (nSPS) is 12.0. The number of unbranched alkanes of at least 4 members (excludes halogenated alkanes) is 12. The molecule has 0 aromatic heterocycles. The largest absolute Gasteiger partial charge is 0.0654 e. The molecule has 0 fully saturated rings. The lowest BCUT2D eigenvalue weighted by Gasteiger charge is -2.34. The molecule has 0 unspecified atom stereocenters. The highest BCUT2D eigenvalue weighted by atomic mass is 14.3. The predicted octanol–water partition coefficient (Wildman–Crippen LogP) is 9.85. The minimum atomic E-state index is 0.691. The zero-order valence-electron chi connectivity index (χ0n) is 18.6. The van der Waals surface area contributed by atoms with Crippen molar-refractivity contribution in [3.63, 3.8) is 0 Å². The lowest BCUT2D eigenvalue weighted by Crippen LogP contribution is -2.20. The van der Waals surface area contributed by atoms with E-state index in [0.717, 1.165) is 0 Å². The summed E-state index contributed by atoms with van der Waals surface area (Å²) in [6.45, 7) is 9.44. The van der Waals surface area contributed by atoms with Crippen molar-refractivity contribution in [2.45, 2.75) is 156 Å². The third-order valence-electron chi connectivity index (χ3n) is 6.15. The fourth-order valence-electron chi connectivity index (χ4n) is 4.86. The first kappa shape index (κ1) is 25.0. The Morgan fingerprint density at radius 3 is 0.960 bits per heavy atom. The molecule has 0 aliphatic rings. The second kappa shape index (κ2) is 18.8. The van der Waals surface area contributed by atoms with Crippen LogP contribution in [0.15, 0.2) is 0 Å². The first-order chi connectivity index (χ1) is 12.2. The van der Waals surface area contributed by atoms with Gasteiger partial charge in [-0.05, 0) is 31.1 Å². The summed E-state index contributed by atoms with van der Waals surface area (Å²) in [5.74, 6) is 0. The van der Waals surface area contributed by atoms with E-state index in [1.807, 2.05) is 0 Å². The van der Waals surface area contributed by atoms with Gasteiger partial charge in [0, 0.05) is 0 Å². The Kier molecular flexibility index (Phi) is 18.8. The highest BCUT2D eigenvalue weighted by molar-refractivity contribution is 4.78. The molecule has 0 radical (unpaired) electrons. The van der Waals surface area contributed by atoms with E-state index in [1.165, 1.54) is 128 Å². The molecule has 0 amide bonds. The van der Waals surface area contributed by atoms with Crippen LogP contribution in [0.3, 0.4) is 0 Å². The zero-order chi connectivity index (χ0) is 18.6. The van der Waals surface area contributed by atoms with Gasteiger partial charge in [0.05, 0.1) is 0 Å². The zero-order valence-corrected chi connectivity index (χ0v) is 18.6. The van der Waals surface area contributed by atoms with Crippen LogP contribution in [0.2, 0.25) is 0 Å². The Hall–Kier alpha value is 0. The SMILES string of the molecule is CCCCCCCCCCCCCCCC(CCC)(CCC)CCC. The average molecular weight is 353 g/mol. The highest BCUT2D eigenvalue weighted by Gasteiger charge is 2.26. The fourth-order valence-corrected chi connectivity index (χ4v) is 4.86. The van der Waals surface area contributed by atoms with Crippen LogP contribution in [0.5, 0.6) is 0 Å². The number of rotatable bonds is 20. The van der Waals surface area contributed by atoms with Crippen LogP contribution in [0.4, 0.5) is 0 Å². The first-order valence-corrected chi connectivity index (χ1v) is 12.2. The van der Waals surface area contributed by atoms with Gasteiger partial charge in [-0.3, -0.25) is 0 Å². The second-order valence-corrected chi connectivity index (χ2v) is 8.74. The van der Waals surface area contributed by atoms with Crippen molar-refractivity contribution in [1.82, 2.24) is 0 Å². The van der Waals surface area contributed by atoms with Crippen LogP contribution in [0.1, 0.15) is 156 Å². The monoisotopic (exact) mass is 352 g/mol. The third kappa shape index (κ3) is 14.8. The van der Waals surface area contributed by atoms with Gasteiger partial charge in [0.2, 0.25) is 0 Å². The van der Waals surface area contributed by atoms with Crippen LogP contribution in [-0.2, 0) is 0 Å². The molecule has 0 saturated carbocycles. The van der Waals surface area contributed by atoms with Crippen molar-refractivity contribution in [2.24, 2.45) is 5.41 Å². The molecule has 25 heavy (non-hydrogen) atoms. The molecule has 0 aliphatic carbocycles. The molecular weight excluding hydrogens is 300 g/mol. The summed E-state index contributed by atoms with van der Waals surface area (Å²) in [5, 5.41) is 0. The van der Waals surface area contributed by atoms with Crippen LogP contribution in [0.25, 0.3) is 0 Å². The van der Waals surface area contributed by atoms with Gasteiger partial charge in [-0.1, -0.05) is 130 Å². The Morgan fingerprint density at radius 2 is 0.640 bits per heavy atom. The fraction of sp³-hybridized carbons (Fsp3) is 1.00. The van der Waals surface area contributed by atoms with Gasteiger partial charge >= 0.3 is 0 Å². The highest BCUT2D eigenvalue weighted by Crippen LogP contribution is 2.40. The lowest BCUT2D eigenvalue weighted by molar-refractivity contribution is 0.185. The first-order valence-electron chi connectivity index (χ1n) is 12.2. The van der Waals surface area contributed by atoms with Crippen LogP contribution < -0.4 is 0 Å². The minimum absolute atomic E-state index is 0.691. The van der Waals surface area contributed by atoms with E-state index >= 15 is 0 Å². The predicted molar refractivity (Wildman–Crippen MR) is 117 cm³/mol. The molecule has 0 spiro atoms. The molecule has 0 heteroatoms. The van der Waals surface area contributed by atoms with Crippen molar-refractivity contribution < 1.29 is 0 Å². The maximum Gasteiger partial charge on any atom is -0.0298 e. The van der Waals surface area contributed by atoms with Gasteiger partial charge in [-0.15, -0.1) is 0 Å². The Labute approximate surface area is 161 Å². The van der Waals surface area contributed by atoms with E-state index in [0.29, 0.717) is 5.41 Å². The summed E-state index contributed by atoms with van der Waals surface area (Å²) in [5.41, 5.74) is 0.691. The Morgan fingerprint density at radius 1 is 0.320 bits per heavy atom. The molecule has 0 saturated heterocycles. The molecule has 0 atom stereocenters. The molecule has 0 aliphatic heterocycles. The number of hydrogen-bond donors (Lipinski definition) is 0. The quantitative estimate of drug-likeness (QED) is 0.191. The van der Waals surface area contributed by atoms with E-state index in [9.17, 15) is 0 Å². The molecular formula is C25H52. The van der Waals surface area contributed by atoms with Crippen molar-refractivity contribution in [3.05, 3.63) is 0 Å². The van der Waals surface area contributed by atoms with Gasteiger partial charge < -0.3 is 0 Å². The van der Waals surface area contributed by atoms with E-state index in [4.69, 9.17) is 0 Å². The van der Waals surface area contributed by atoms with Crippen LogP contribution in [0, 0.1) is 5.41 Å². The molecule has 0 bridgehead atoms.